The molecule has 0 N–H and O–H groups in total. The molecule has 0 aliphatic carbocycles. The molecule has 8 heteroatoms. The Morgan fingerprint density at radius 1 is 1.43 bits per heavy atom. The Balaban J connectivity index is 1.40. The molecule has 1 aromatic rings. The normalized spacial score (nSPS) is 29.7. The van der Waals surface area contributed by atoms with E-state index in [2.05, 4.69) is 10.1 Å². The topological polar surface area (TPSA) is 80.6 Å². The number of hydrogen-bond acceptors (Lipinski definition) is 5. The monoisotopic (exact) mass is 319 g/mol. The fraction of sp³-hybridized carbons (Fsp3) is 0.733. The molecule has 0 bridgehead atoms. The van der Waals surface area contributed by atoms with Gasteiger partial charge in [0, 0.05) is 32.5 Å². The van der Waals surface area contributed by atoms with Crippen LogP contribution in [0.1, 0.15) is 32.1 Å². The zero-order valence-corrected chi connectivity index (χ0v) is 13.1. The van der Waals surface area contributed by atoms with Gasteiger partial charge in [0.15, 0.2) is 5.72 Å². The van der Waals surface area contributed by atoms with Crippen molar-refractivity contribution >= 4 is 11.8 Å². The second-order valence-corrected chi connectivity index (χ2v) is 6.41. The van der Waals surface area contributed by atoms with Gasteiger partial charge >= 0.3 is 0 Å². The molecule has 0 aromatic carbocycles. The number of hydrogen-bond donors (Lipinski definition) is 0. The molecule has 23 heavy (non-hydrogen) atoms. The molecule has 0 unspecified atom stereocenters. The maximum absolute atomic E-state index is 12.6. The number of carbonyl (C=O) groups excluding carboxylic acids is 2. The van der Waals surface area contributed by atoms with E-state index >= 15 is 0 Å². The van der Waals surface area contributed by atoms with Gasteiger partial charge in [0.2, 0.25) is 11.8 Å². The summed E-state index contributed by atoms with van der Waals surface area (Å²) in [7, 11) is 0. The molecule has 2 amide bonds. The average molecular weight is 319 g/mol. The van der Waals surface area contributed by atoms with Gasteiger partial charge in [0.05, 0.1) is 19.1 Å². The Morgan fingerprint density at radius 2 is 2.35 bits per heavy atom. The van der Waals surface area contributed by atoms with E-state index in [0.29, 0.717) is 32.5 Å². The lowest BCUT2D eigenvalue weighted by atomic mass is 10.0. The number of aromatic nitrogens is 3. The molecule has 3 fully saturated rings. The maximum atomic E-state index is 12.6. The molecule has 3 aliphatic rings. The molecule has 3 aliphatic heterocycles. The summed E-state index contributed by atoms with van der Waals surface area (Å²) in [5.74, 6) is 0.227. The SMILES string of the molecule is O=C(CCCn1cncn1)N1CC[C@@]23OCCCN2C(=O)C[C@@H]13. The number of nitrogens with zero attached hydrogens (tertiary/aromatic N) is 5. The van der Waals surface area contributed by atoms with Crippen molar-refractivity contribution in [1.29, 1.82) is 0 Å². The Hall–Kier alpha value is -1.96. The third-order valence-corrected chi connectivity index (χ3v) is 5.18. The minimum Gasteiger partial charge on any atom is -0.353 e. The van der Waals surface area contributed by atoms with Crippen LogP contribution in [0, 0.1) is 0 Å². The summed E-state index contributed by atoms with van der Waals surface area (Å²) in [6.07, 6.45) is 6.33. The number of likely N-dealkylation sites (tertiary alicyclic amines) is 1. The number of amides is 2. The molecule has 8 nitrogen and oxygen atoms in total. The van der Waals surface area contributed by atoms with Crippen LogP contribution < -0.4 is 0 Å². The quantitative estimate of drug-likeness (QED) is 0.781. The highest BCUT2D eigenvalue weighted by Gasteiger charge is 2.61. The number of aryl methyl sites for hydroxylation is 1. The first kappa shape index (κ1) is 14.6. The fourth-order valence-corrected chi connectivity index (χ4v) is 4.13. The van der Waals surface area contributed by atoms with Crippen LogP contribution in [0.15, 0.2) is 12.7 Å². The van der Waals surface area contributed by atoms with E-state index in [0.717, 1.165) is 25.8 Å². The van der Waals surface area contributed by atoms with Gasteiger partial charge in [-0.1, -0.05) is 0 Å². The zero-order valence-electron chi connectivity index (χ0n) is 13.1. The highest BCUT2D eigenvalue weighted by Crippen LogP contribution is 2.45. The smallest absolute Gasteiger partial charge is 0.227 e. The van der Waals surface area contributed by atoms with E-state index in [4.69, 9.17) is 4.74 Å². The lowest BCUT2D eigenvalue weighted by Crippen LogP contribution is -2.56. The highest BCUT2D eigenvalue weighted by atomic mass is 16.5. The summed E-state index contributed by atoms with van der Waals surface area (Å²) in [6, 6.07) is -0.117. The van der Waals surface area contributed by atoms with Gasteiger partial charge in [0.1, 0.15) is 12.7 Å². The number of rotatable bonds is 4. The molecular weight excluding hydrogens is 298 g/mol. The fourth-order valence-electron chi connectivity index (χ4n) is 4.13. The Morgan fingerprint density at radius 3 is 3.17 bits per heavy atom. The molecule has 1 aromatic heterocycles. The molecule has 2 atom stereocenters. The summed E-state index contributed by atoms with van der Waals surface area (Å²) in [4.78, 5) is 32.5. The lowest BCUT2D eigenvalue weighted by molar-refractivity contribution is -0.181. The molecule has 4 rings (SSSR count). The van der Waals surface area contributed by atoms with Crippen molar-refractivity contribution in [2.75, 3.05) is 19.7 Å². The first-order valence-corrected chi connectivity index (χ1v) is 8.27. The van der Waals surface area contributed by atoms with Crippen LogP contribution in [0.3, 0.4) is 0 Å². The maximum Gasteiger partial charge on any atom is 0.227 e. The second-order valence-electron chi connectivity index (χ2n) is 6.41. The zero-order chi connectivity index (χ0) is 15.9. The van der Waals surface area contributed by atoms with E-state index < -0.39 is 5.72 Å². The summed E-state index contributed by atoms with van der Waals surface area (Å²) in [6.45, 7) is 2.78. The van der Waals surface area contributed by atoms with Gasteiger partial charge in [-0.3, -0.25) is 14.3 Å². The summed E-state index contributed by atoms with van der Waals surface area (Å²) in [5, 5.41) is 4.04. The van der Waals surface area contributed by atoms with Crippen LogP contribution >= 0.6 is 0 Å². The van der Waals surface area contributed by atoms with Crippen LogP contribution in [0.4, 0.5) is 0 Å². The van der Waals surface area contributed by atoms with E-state index in [1.54, 1.807) is 11.0 Å². The molecule has 4 heterocycles. The van der Waals surface area contributed by atoms with Crippen molar-refractivity contribution in [3.63, 3.8) is 0 Å². The molecule has 1 spiro atoms. The minimum absolute atomic E-state index is 0.107. The average Bonchev–Trinajstić information content (AvgIpc) is 3.23. The minimum atomic E-state index is -0.545. The predicted octanol–water partition coefficient (Wildman–Crippen LogP) is 0.00810. The molecule has 3 saturated heterocycles. The highest BCUT2D eigenvalue weighted by molar-refractivity contribution is 5.84. The van der Waals surface area contributed by atoms with E-state index in [9.17, 15) is 9.59 Å². The Labute approximate surface area is 134 Å². The van der Waals surface area contributed by atoms with Crippen LogP contribution in [0.5, 0.6) is 0 Å². The van der Waals surface area contributed by atoms with E-state index in [1.165, 1.54) is 6.33 Å². The summed E-state index contributed by atoms with van der Waals surface area (Å²) >= 11 is 0. The van der Waals surface area contributed by atoms with Crippen molar-refractivity contribution in [2.45, 2.75) is 50.4 Å². The van der Waals surface area contributed by atoms with Crippen molar-refractivity contribution in [2.24, 2.45) is 0 Å². The first-order chi connectivity index (χ1) is 11.2. The molecule has 0 radical (unpaired) electrons. The van der Waals surface area contributed by atoms with Gasteiger partial charge in [-0.2, -0.15) is 5.10 Å². The molecular formula is C15H21N5O3. The Bertz CT molecular complexity index is 604. The van der Waals surface area contributed by atoms with Gasteiger partial charge in [-0.15, -0.1) is 0 Å². The lowest BCUT2D eigenvalue weighted by Gasteiger charge is -2.42. The summed E-state index contributed by atoms with van der Waals surface area (Å²) in [5.41, 5.74) is -0.545. The van der Waals surface area contributed by atoms with Gasteiger partial charge in [-0.25, -0.2) is 4.98 Å². The second kappa shape index (κ2) is 5.59. The van der Waals surface area contributed by atoms with Crippen LogP contribution in [0.25, 0.3) is 0 Å². The Kier molecular flexibility index (Phi) is 3.56. The van der Waals surface area contributed by atoms with Crippen LogP contribution in [-0.2, 0) is 20.9 Å². The molecule has 124 valence electrons. The molecule has 0 saturated carbocycles. The first-order valence-electron chi connectivity index (χ1n) is 8.27. The van der Waals surface area contributed by atoms with Crippen molar-refractivity contribution in [3.05, 3.63) is 12.7 Å². The van der Waals surface area contributed by atoms with E-state index in [-0.39, 0.29) is 17.9 Å². The van der Waals surface area contributed by atoms with Crippen molar-refractivity contribution < 1.29 is 14.3 Å². The predicted molar refractivity (Wildman–Crippen MR) is 79.0 cm³/mol. The van der Waals surface area contributed by atoms with Crippen LogP contribution in [0.2, 0.25) is 0 Å². The summed E-state index contributed by atoms with van der Waals surface area (Å²) < 4.78 is 7.74. The third kappa shape index (κ3) is 2.32. The van der Waals surface area contributed by atoms with E-state index in [1.807, 2.05) is 9.80 Å². The van der Waals surface area contributed by atoms with Gasteiger partial charge < -0.3 is 14.5 Å². The van der Waals surface area contributed by atoms with Gasteiger partial charge in [0.25, 0.3) is 0 Å². The largest absolute Gasteiger partial charge is 0.353 e. The van der Waals surface area contributed by atoms with Crippen molar-refractivity contribution in [3.8, 4) is 0 Å². The van der Waals surface area contributed by atoms with Crippen molar-refractivity contribution in [1.82, 2.24) is 24.6 Å². The van der Waals surface area contributed by atoms with Gasteiger partial charge in [-0.05, 0) is 12.8 Å². The number of ether oxygens (including phenoxy) is 1. The third-order valence-electron chi connectivity index (χ3n) is 5.18. The number of carbonyl (C=O) groups is 2. The van der Waals surface area contributed by atoms with Crippen LogP contribution in [-0.4, -0.2) is 67.8 Å². The standard InChI is InChI=1S/C15H21N5O3/c21-13(3-1-5-18-11-16-10-17-18)19-7-4-15-12(19)9-14(22)20(15)6-2-8-23-15/h10-12H,1-9H2/t12-,15+/m1/s1.